The third kappa shape index (κ3) is 7.02. The molecule has 0 bridgehead atoms. The maximum atomic E-state index is 12.4. The van der Waals surface area contributed by atoms with Gasteiger partial charge in [-0.05, 0) is 56.7 Å². The lowest BCUT2D eigenvalue weighted by atomic mass is 10.2. The third-order valence-corrected chi connectivity index (χ3v) is 3.91. The number of nitrogens with one attached hydrogen (secondary N) is 1. The van der Waals surface area contributed by atoms with Crippen molar-refractivity contribution in [2.75, 3.05) is 11.9 Å². The average molecular weight is 384 g/mol. The van der Waals surface area contributed by atoms with Gasteiger partial charge in [0, 0.05) is 5.69 Å². The predicted molar refractivity (Wildman–Crippen MR) is 109 cm³/mol. The first-order chi connectivity index (χ1) is 13.5. The van der Waals surface area contributed by atoms with Crippen LogP contribution in [0.1, 0.15) is 67.4 Å². The summed E-state index contributed by atoms with van der Waals surface area (Å²) < 4.78 is 10.8. The van der Waals surface area contributed by atoms with Gasteiger partial charge < -0.3 is 14.8 Å². The first-order valence-electron chi connectivity index (χ1n) is 9.72. The van der Waals surface area contributed by atoms with Crippen molar-refractivity contribution in [3.63, 3.8) is 0 Å². The lowest BCUT2D eigenvalue weighted by molar-refractivity contribution is 0.0371. The Hall–Kier alpha value is -2.89. The van der Waals surface area contributed by atoms with Gasteiger partial charge in [0.25, 0.3) is 5.91 Å². The van der Waals surface area contributed by atoms with E-state index >= 15 is 0 Å². The van der Waals surface area contributed by atoms with Crippen LogP contribution in [0.15, 0.2) is 42.5 Å². The van der Waals surface area contributed by atoms with E-state index < -0.39 is 11.9 Å². The SMILES string of the molecule is CCCCCCOc1ccc(NC(=O)c2cccc(C(=O)OC(C)C)n2)cc1. The second-order valence-corrected chi connectivity index (χ2v) is 6.75. The van der Waals surface area contributed by atoms with Crippen molar-refractivity contribution in [3.05, 3.63) is 53.9 Å². The van der Waals surface area contributed by atoms with E-state index in [2.05, 4.69) is 17.2 Å². The van der Waals surface area contributed by atoms with E-state index in [0.29, 0.717) is 12.3 Å². The Morgan fingerprint density at radius 1 is 1.00 bits per heavy atom. The van der Waals surface area contributed by atoms with E-state index in [1.165, 1.54) is 25.3 Å². The molecule has 28 heavy (non-hydrogen) atoms. The molecule has 0 aliphatic heterocycles. The van der Waals surface area contributed by atoms with E-state index in [9.17, 15) is 9.59 Å². The molecule has 1 heterocycles. The molecule has 0 unspecified atom stereocenters. The van der Waals surface area contributed by atoms with E-state index in [1.807, 2.05) is 12.1 Å². The molecule has 6 nitrogen and oxygen atoms in total. The van der Waals surface area contributed by atoms with Crippen LogP contribution < -0.4 is 10.1 Å². The summed E-state index contributed by atoms with van der Waals surface area (Å²) in [6, 6.07) is 11.9. The second-order valence-electron chi connectivity index (χ2n) is 6.75. The van der Waals surface area contributed by atoms with Crippen LogP contribution in [0, 0.1) is 0 Å². The molecule has 0 spiro atoms. The molecule has 1 N–H and O–H groups in total. The van der Waals surface area contributed by atoms with Crippen LogP contribution in [0.3, 0.4) is 0 Å². The van der Waals surface area contributed by atoms with Gasteiger partial charge in [0.2, 0.25) is 0 Å². The van der Waals surface area contributed by atoms with Crippen molar-refractivity contribution >= 4 is 17.6 Å². The number of ether oxygens (including phenoxy) is 2. The van der Waals surface area contributed by atoms with Gasteiger partial charge in [-0.1, -0.05) is 32.3 Å². The number of hydrogen-bond donors (Lipinski definition) is 1. The van der Waals surface area contributed by atoms with E-state index in [0.717, 1.165) is 12.2 Å². The molecule has 2 rings (SSSR count). The van der Waals surface area contributed by atoms with Crippen molar-refractivity contribution in [1.29, 1.82) is 0 Å². The number of rotatable bonds is 10. The number of carbonyl (C=O) groups is 2. The molecule has 2 aromatic rings. The van der Waals surface area contributed by atoms with Gasteiger partial charge in [0.05, 0.1) is 12.7 Å². The fourth-order valence-corrected chi connectivity index (χ4v) is 2.50. The number of pyridine rings is 1. The first-order valence-corrected chi connectivity index (χ1v) is 9.72. The fraction of sp³-hybridized carbons (Fsp3) is 0.409. The predicted octanol–water partition coefficient (Wildman–Crippen LogP) is 4.86. The highest BCUT2D eigenvalue weighted by Crippen LogP contribution is 2.17. The number of unbranched alkanes of at least 4 members (excludes halogenated alkanes) is 3. The van der Waals surface area contributed by atoms with Crippen LogP contribution in [0.4, 0.5) is 5.69 Å². The standard InChI is InChI=1S/C22H28N2O4/c1-4-5-6-7-15-27-18-13-11-17(12-14-18)23-21(25)19-9-8-10-20(24-19)22(26)28-16(2)3/h8-14,16H,4-7,15H2,1-3H3,(H,23,25). The smallest absolute Gasteiger partial charge is 0.357 e. The molecular weight excluding hydrogens is 356 g/mol. The van der Waals surface area contributed by atoms with Crippen LogP contribution in [-0.2, 0) is 4.74 Å². The fourth-order valence-electron chi connectivity index (χ4n) is 2.50. The summed E-state index contributed by atoms with van der Waals surface area (Å²) in [7, 11) is 0. The van der Waals surface area contributed by atoms with Gasteiger partial charge >= 0.3 is 5.97 Å². The van der Waals surface area contributed by atoms with Gasteiger partial charge in [0.15, 0.2) is 0 Å². The van der Waals surface area contributed by atoms with E-state index in [-0.39, 0.29) is 17.5 Å². The number of nitrogens with zero attached hydrogens (tertiary/aromatic N) is 1. The lowest BCUT2D eigenvalue weighted by Crippen LogP contribution is -2.17. The van der Waals surface area contributed by atoms with Crippen molar-refractivity contribution in [3.8, 4) is 5.75 Å². The van der Waals surface area contributed by atoms with E-state index in [4.69, 9.17) is 9.47 Å². The Balaban J connectivity index is 1.91. The number of carbonyl (C=O) groups excluding carboxylic acids is 2. The minimum Gasteiger partial charge on any atom is -0.494 e. The normalized spacial score (nSPS) is 10.6. The summed E-state index contributed by atoms with van der Waals surface area (Å²) in [5.41, 5.74) is 0.878. The minimum absolute atomic E-state index is 0.105. The molecule has 0 atom stereocenters. The summed E-state index contributed by atoms with van der Waals surface area (Å²) in [5, 5.41) is 2.77. The molecule has 6 heteroatoms. The van der Waals surface area contributed by atoms with Crippen molar-refractivity contribution in [2.24, 2.45) is 0 Å². The summed E-state index contributed by atoms with van der Waals surface area (Å²) in [6.45, 7) is 6.38. The summed E-state index contributed by atoms with van der Waals surface area (Å²) in [4.78, 5) is 28.4. The third-order valence-electron chi connectivity index (χ3n) is 3.91. The number of benzene rings is 1. The highest BCUT2D eigenvalue weighted by Gasteiger charge is 2.14. The molecule has 0 fully saturated rings. The van der Waals surface area contributed by atoms with Crippen molar-refractivity contribution in [2.45, 2.75) is 52.6 Å². The zero-order valence-corrected chi connectivity index (χ0v) is 16.7. The summed E-state index contributed by atoms with van der Waals surface area (Å²) in [6.07, 6.45) is 4.37. The van der Waals surface area contributed by atoms with Crippen molar-refractivity contribution in [1.82, 2.24) is 4.98 Å². The van der Waals surface area contributed by atoms with Gasteiger partial charge in [-0.3, -0.25) is 4.79 Å². The molecule has 0 saturated carbocycles. The molecular formula is C22H28N2O4. The highest BCUT2D eigenvalue weighted by atomic mass is 16.5. The Bertz CT molecular complexity index is 772. The molecule has 0 aliphatic rings. The number of aromatic nitrogens is 1. The average Bonchev–Trinajstić information content (AvgIpc) is 2.68. The van der Waals surface area contributed by atoms with Gasteiger partial charge in [-0.25, -0.2) is 9.78 Å². The molecule has 150 valence electrons. The van der Waals surface area contributed by atoms with Crippen LogP contribution in [0.2, 0.25) is 0 Å². The van der Waals surface area contributed by atoms with Gasteiger partial charge in [-0.2, -0.15) is 0 Å². The second kappa shape index (κ2) is 11.1. The highest BCUT2D eigenvalue weighted by molar-refractivity contribution is 6.03. The Morgan fingerprint density at radius 2 is 1.71 bits per heavy atom. The topological polar surface area (TPSA) is 77.5 Å². The quantitative estimate of drug-likeness (QED) is 0.468. The number of anilines is 1. The number of amides is 1. The molecule has 1 aromatic heterocycles. The molecule has 0 aliphatic carbocycles. The first kappa shape index (κ1) is 21.4. The van der Waals surface area contributed by atoms with Gasteiger partial charge in [-0.15, -0.1) is 0 Å². The Labute approximate surface area is 166 Å². The largest absolute Gasteiger partial charge is 0.494 e. The summed E-state index contributed by atoms with van der Waals surface area (Å²) in [5.74, 6) is -0.177. The molecule has 1 aromatic carbocycles. The van der Waals surface area contributed by atoms with Crippen molar-refractivity contribution < 1.29 is 19.1 Å². The zero-order chi connectivity index (χ0) is 20.4. The van der Waals surface area contributed by atoms with E-state index in [1.54, 1.807) is 38.1 Å². The van der Waals surface area contributed by atoms with Gasteiger partial charge in [0.1, 0.15) is 17.1 Å². The maximum absolute atomic E-state index is 12.4. The van der Waals surface area contributed by atoms with Crippen LogP contribution >= 0.6 is 0 Å². The van der Waals surface area contributed by atoms with Crippen LogP contribution in [0.5, 0.6) is 5.75 Å². The molecule has 1 amide bonds. The minimum atomic E-state index is -0.551. The maximum Gasteiger partial charge on any atom is 0.357 e. The zero-order valence-electron chi connectivity index (χ0n) is 16.7. The summed E-state index contributed by atoms with van der Waals surface area (Å²) >= 11 is 0. The monoisotopic (exact) mass is 384 g/mol. The Kier molecular flexibility index (Phi) is 8.46. The lowest BCUT2D eigenvalue weighted by Gasteiger charge is -2.09. The molecule has 0 radical (unpaired) electrons. The number of esters is 1. The Morgan fingerprint density at radius 3 is 2.39 bits per heavy atom. The number of hydrogen-bond acceptors (Lipinski definition) is 5. The molecule has 0 saturated heterocycles. The van der Waals surface area contributed by atoms with Crippen LogP contribution in [-0.4, -0.2) is 29.6 Å². The van der Waals surface area contributed by atoms with Crippen LogP contribution in [0.25, 0.3) is 0 Å².